The first-order chi connectivity index (χ1) is 16.5. The van der Waals surface area contributed by atoms with Crippen LogP contribution in [0.25, 0.3) is 0 Å². The number of carbonyl (C=O) groups is 1. The van der Waals surface area contributed by atoms with Crippen LogP contribution in [0, 0.1) is 5.82 Å². The van der Waals surface area contributed by atoms with Crippen molar-refractivity contribution in [1.82, 2.24) is 19.8 Å². The van der Waals surface area contributed by atoms with Gasteiger partial charge in [-0.15, -0.1) is 0 Å². The molecule has 0 aliphatic carbocycles. The number of hydrogen-bond donors (Lipinski definition) is 0. The number of halogens is 2. The lowest BCUT2D eigenvalue weighted by molar-refractivity contribution is 0.0732. The summed E-state index contributed by atoms with van der Waals surface area (Å²) < 4.78 is 19.9. The third kappa shape index (κ3) is 4.69. The molecule has 176 valence electrons. The molecule has 3 aromatic rings. The lowest BCUT2D eigenvalue weighted by atomic mass is 10.0. The number of piperazine rings is 1. The summed E-state index contributed by atoms with van der Waals surface area (Å²) in [5.41, 5.74) is 2.03. The summed E-state index contributed by atoms with van der Waals surface area (Å²) in [4.78, 5) is 28.9. The molecule has 1 saturated heterocycles. The zero-order valence-electron chi connectivity index (χ0n) is 18.9. The minimum Gasteiger partial charge on any atom is -0.438 e. The highest BCUT2D eigenvalue weighted by Gasteiger charge is 2.29. The van der Waals surface area contributed by atoms with Crippen LogP contribution >= 0.6 is 11.6 Å². The lowest BCUT2D eigenvalue weighted by Crippen LogP contribution is -2.45. The van der Waals surface area contributed by atoms with Crippen LogP contribution < -0.4 is 9.64 Å². The molecule has 0 spiro atoms. The van der Waals surface area contributed by atoms with Gasteiger partial charge in [-0.25, -0.2) is 9.37 Å². The van der Waals surface area contributed by atoms with Crippen LogP contribution in [0.1, 0.15) is 21.6 Å². The zero-order valence-corrected chi connectivity index (χ0v) is 19.6. The Kier molecular flexibility index (Phi) is 6.34. The highest BCUT2D eigenvalue weighted by molar-refractivity contribution is 6.33. The highest BCUT2D eigenvalue weighted by atomic mass is 35.5. The SMILES string of the molecule is CN1CCN(c2nc3c(c(Oc4cccc(F)c4)n2)CN(C(=O)c2ccccc2Cl)CC3)CC1. The van der Waals surface area contributed by atoms with E-state index in [1.165, 1.54) is 12.1 Å². The van der Waals surface area contributed by atoms with Crippen LogP contribution in [0.15, 0.2) is 48.5 Å². The van der Waals surface area contributed by atoms with Gasteiger partial charge >= 0.3 is 0 Å². The molecule has 3 heterocycles. The van der Waals surface area contributed by atoms with Gasteiger partial charge in [-0.2, -0.15) is 4.98 Å². The van der Waals surface area contributed by atoms with Crippen LogP contribution in [0.4, 0.5) is 10.3 Å². The van der Waals surface area contributed by atoms with E-state index in [0.717, 1.165) is 37.4 Å². The maximum absolute atomic E-state index is 13.8. The first kappa shape index (κ1) is 22.6. The molecule has 0 bridgehead atoms. The minimum atomic E-state index is -0.393. The Labute approximate surface area is 202 Å². The van der Waals surface area contributed by atoms with Crippen LogP contribution in [0.3, 0.4) is 0 Å². The number of anilines is 1. The van der Waals surface area contributed by atoms with E-state index in [9.17, 15) is 9.18 Å². The van der Waals surface area contributed by atoms with E-state index in [1.807, 2.05) is 0 Å². The lowest BCUT2D eigenvalue weighted by Gasteiger charge is -2.34. The summed E-state index contributed by atoms with van der Waals surface area (Å²) in [5.74, 6) is 0.747. The van der Waals surface area contributed by atoms with Crippen LogP contribution in [0.2, 0.25) is 5.02 Å². The van der Waals surface area contributed by atoms with Crippen LogP contribution in [-0.2, 0) is 13.0 Å². The quantitative estimate of drug-likeness (QED) is 0.561. The maximum atomic E-state index is 13.8. The van der Waals surface area contributed by atoms with Crippen molar-refractivity contribution in [3.63, 3.8) is 0 Å². The molecule has 34 heavy (non-hydrogen) atoms. The Balaban J connectivity index is 1.49. The molecule has 1 fully saturated rings. The number of ether oxygens (including phenoxy) is 1. The predicted octanol–water partition coefficient (Wildman–Crippen LogP) is 4.01. The third-order valence-corrected chi connectivity index (χ3v) is 6.53. The number of hydrogen-bond acceptors (Lipinski definition) is 6. The van der Waals surface area contributed by atoms with Gasteiger partial charge in [0.2, 0.25) is 11.8 Å². The Bertz CT molecular complexity index is 1220. The van der Waals surface area contributed by atoms with E-state index in [1.54, 1.807) is 41.3 Å². The first-order valence-electron chi connectivity index (χ1n) is 11.3. The molecule has 0 atom stereocenters. The molecule has 0 N–H and O–H groups in total. The summed E-state index contributed by atoms with van der Waals surface area (Å²) in [6, 6.07) is 13.0. The summed E-state index contributed by atoms with van der Waals surface area (Å²) in [7, 11) is 2.09. The van der Waals surface area contributed by atoms with Gasteiger partial charge in [0.25, 0.3) is 5.91 Å². The van der Waals surface area contributed by atoms with Gasteiger partial charge in [-0.3, -0.25) is 4.79 Å². The molecule has 7 nitrogen and oxygen atoms in total. The number of amides is 1. The van der Waals surface area contributed by atoms with Gasteiger partial charge in [0.1, 0.15) is 11.6 Å². The number of benzene rings is 2. The van der Waals surface area contributed by atoms with Crippen molar-refractivity contribution in [2.75, 3.05) is 44.7 Å². The average Bonchev–Trinajstić information content (AvgIpc) is 2.84. The number of carbonyl (C=O) groups excluding carboxylic acids is 1. The topological polar surface area (TPSA) is 61.8 Å². The van der Waals surface area contributed by atoms with Gasteiger partial charge in [0.05, 0.1) is 28.4 Å². The van der Waals surface area contributed by atoms with Crippen molar-refractivity contribution in [2.45, 2.75) is 13.0 Å². The van der Waals surface area contributed by atoms with Gasteiger partial charge in [-0.05, 0) is 31.3 Å². The Morgan fingerprint density at radius 1 is 1.03 bits per heavy atom. The molecule has 9 heteroatoms. The van der Waals surface area contributed by atoms with Crippen molar-refractivity contribution in [2.24, 2.45) is 0 Å². The molecule has 2 aliphatic heterocycles. The maximum Gasteiger partial charge on any atom is 0.255 e. The normalized spacial score (nSPS) is 16.3. The molecular formula is C25H25ClFN5O2. The van der Waals surface area contributed by atoms with Gasteiger partial charge in [-0.1, -0.05) is 29.8 Å². The summed E-state index contributed by atoms with van der Waals surface area (Å²) >= 11 is 6.27. The fourth-order valence-corrected chi connectivity index (χ4v) is 4.44. The number of aromatic nitrogens is 2. The van der Waals surface area contributed by atoms with E-state index >= 15 is 0 Å². The van der Waals surface area contributed by atoms with E-state index in [2.05, 4.69) is 16.8 Å². The monoisotopic (exact) mass is 481 g/mol. The second-order valence-corrected chi connectivity index (χ2v) is 8.97. The standard InChI is InChI=1S/C25H25ClFN5O2/c1-30-11-13-31(14-12-30)25-28-22-9-10-32(24(33)19-7-2-3-8-21(19)26)16-20(22)23(29-25)34-18-6-4-5-17(27)15-18/h2-8,15H,9-14,16H2,1H3. The Morgan fingerprint density at radius 3 is 2.59 bits per heavy atom. The predicted molar refractivity (Wildman–Crippen MR) is 128 cm³/mol. The fraction of sp³-hybridized carbons (Fsp3) is 0.320. The van der Waals surface area contributed by atoms with Gasteiger partial charge < -0.3 is 19.4 Å². The van der Waals surface area contributed by atoms with Crippen molar-refractivity contribution < 1.29 is 13.9 Å². The largest absolute Gasteiger partial charge is 0.438 e. The number of likely N-dealkylation sites (N-methyl/N-ethyl adjacent to an activating group) is 1. The number of rotatable bonds is 4. The van der Waals surface area contributed by atoms with E-state index in [4.69, 9.17) is 26.3 Å². The summed E-state index contributed by atoms with van der Waals surface area (Å²) in [6.45, 7) is 4.25. The van der Waals surface area contributed by atoms with Crippen molar-refractivity contribution in [1.29, 1.82) is 0 Å². The number of fused-ring (bicyclic) bond motifs is 1. The Morgan fingerprint density at radius 2 is 1.82 bits per heavy atom. The molecule has 2 aliphatic rings. The van der Waals surface area contributed by atoms with Gasteiger partial charge in [0.15, 0.2) is 0 Å². The van der Waals surface area contributed by atoms with E-state index in [0.29, 0.717) is 41.1 Å². The molecule has 2 aromatic carbocycles. The molecule has 5 rings (SSSR count). The molecular weight excluding hydrogens is 457 g/mol. The molecule has 1 aromatic heterocycles. The minimum absolute atomic E-state index is 0.156. The van der Waals surface area contributed by atoms with E-state index in [-0.39, 0.29) is 12.5 Å². The zero-order chi connectivity index (χ0) is 23.7. The van der Waals surface area contributed by atoms with Gasteiger partial charge in [0, 0.05) is 45.2 Å². The smallest absolute Gasteiger partial charge is 0.255 e. The second kappa shape index (κ2) is 9.56. The summed E-state index contributed by atoms with van der Waals surface area (Å²) in [6.07, 6.45) is 0.564. The number of nitrogens with zero attached hydrogens (tertiary/aromatic N) is 5. The molecule has 0 saturated carbocycles. The van der Waals surface area contributed by atoms with Crippen LogP contribution in [0.5, 0.6) is 11.6 Å². The first-order valence-corrected chi connectivity index (χ1v) is 11.7. The summed E-state index contributed by atoms with van der Waals surface area (Å²) in [5, 5.41) is 0.413. The van der Waals surface area contributed by atoms with Crippen molar-refractivity contribution >= 4 is 23.5 Å². The van der Waals surface area contributed by atoms with Crippen LogP contribution in [-0.4, -0.2) is 65.4 Å². The molecule has 0 unspecified atom stereocenters. The van der Waals surface area contributed by atoms with Crippen molar-refractivity contribution in [3.05, 3.63) is 76.2 Å². The third-order valence-electron chi connectivity index (χ3n) is 6.20. The molecule has 1 amide bonds. The molecule has 0 radical (unpaired) electrons. The second-order valence-electron chi connectivity index (χ2n) is 8.56. The highest BCUT2D eigenvalue weighted by Crippen LogP contribution is 2.33. The fourth-order valence-electron chi connectivity index (χ4n) is 4.22. The Hall–Kier alpha value is -3.23. The van der Waals surface area contributed by atoms with Crippen molar-refractivity contribution in [3.8, 4) is 11.6 Å². The van der Waals surface area contributed by atoms with E-state index < -0.39 is 5.82 Å². The average molecular weight is 482 g/mol.